The summed E-state index contributed by atoms with van der Waals surface area (Å²) in [5.74, 6) is 0.0149. The van der Waals surface area contributed by atoms with Gasteiger partial charge in [-0.2, -0.15) is 22.6 Å². The van der Waals surface area contributed by atoms with Crippen LogP contribution >= 0.6 is 0 Å². The van der Waals surface area contributed by atoms with Crippen molar-refractivity contribution < 1.29 is 21.6 Å². The first-order valence-corrected chi connectivity index (χ1v) is 14.2. The van der Waals surface area contributed by atoms with Gasteiger partial charge in [-0.25, -0.2) is 28.1 Å². The lowest BCUT2D eigenvalue weighted by atomic mass is 10.1. The molecule has 0 amide bonds. The Hall–Kier alpha value is -3.89. The Labute approximate surface area is 234 Å². The minimum Gasteiger partial charge on any atom is -0.351 e. The van der Waals surface area contributed by atoms with Gasteiger partial charge in [0.25, 0.3) is 10.0 Å². The van der Waals surface area contributed by atoms with Crippen LogP contribution in [0.3, 0.4) is 0 Å². The van der Waals surface area contributed by atoms with Crippen molar-refractivity contribution in [3.63, 3.8) is 0 Å². The highest BCUT2D eigenvalue weighted by Crippen LogP contribution is 2.36. The molecule has 1 saturated heterocycles. The number of halogens is 3. The molecule has 218 valence electrons. The predicted octanol–water partition coefficient (Wildman–Crippen LogP) is 2.77. The lowest BCUT2D eigenvalue weighted by molar-refractivity contribution is -0.137. The average molecular weight is 591 g/mol. The van der Waals surface area contributed by atoms with E-state index in [9.17, 15) is 21.6 Å². The maximum Gasteiger partial charge on any atom is 0.419 e. The number of nitrogens with one attached hydrogen (secondary N) is 2. The zero-order chi connectivity index (χ0) is 29.4. The lowest BCUT2D eigenvalue weighted by Crippen LogP contribution is -2.42. The first kappa shape index (κ1) is 28.6. The normalized spacial score (nSPS) is 15.4. The van der Waals surface area contributed by atoms with Gasteiger partial charge in [0.1, 0.15) is 5.56 Å². The van der Waals surface area contributed by atoms with E-state index in [2.05, 4.69) is 35.7 Å². The molecule has 0 radical (unpaired) electrons. The first-order chi connectivity index (χ1) is 19.5. The second-order valence-electron chi connectivity index (χ2n) is 9.76. The maximum absolute atomic E-state index is 13.9. The molecule has 41 heavy (non-hydrogen) atoms. The first-order valence-electron chi connectivity index (χ1n) is 12.8. The number of aromatic nitrogens is 7. The minimum absolute atomic E-state index is 0.0149. The van der Waals surface area contributed by atoms with E-state index in [1.807, 2.05) is 19.2 Å². The Balaban J connectivity index is 1.35. The third-order valence-corrected chi connectivity index (χ3v) is 8.53. The molecule has 0 bridgehead atoms. The third-order valence-electron chi connectivity index (χ3n) is 6.74. The summed E-state index contributed by atoms with van der Waals surface area (Å²) in [6, 6.07) is 3.40. The number of imidazole rings is 1. The Kier molecular flexibility index (Phi) is 7.80. The molecule has 1 aliphatic heterocycles. The van der Waals surface area contributed by atoms with Gasteiger partial charge in [0.2, 0.25) is 5.95 Å². The molecule has 16 heteroatoms. The number of rotatable bonds is 8. The Bertz CT molecular complexity index is 1640. The number of piperidine rings is 1. The van der Waals surface area contributed by atoms with Gasteiger partial charge < -0.3 is 15.2 Å². The zero-order valence-electron chi connectivity index (χ0n) is 22.6. The van der Waals surface area contributed by atoms with E-state index in [0.717, 1.165) is 11.9 Å². The number of anilines is 1. The van der Waals surface area contributed by atoms with Gasteiger partial charge in [-0.15, -0.1) is 0 Å². The number of hydrogen-bond donors (Lipinski definition) is 2. The lowest BCUT2D eigenvalue weighted by Gasteiger charge is -2.31. The molecule has 4 aromatic rings. The Morgan fingerprint density at radius 1 is 1.07 bits per heavy atom. The molecule has 1 fully saturated rings. The summed E-state index contributed by atoms with van der Waals surface area (Å²) in [6.45, 7) is 2.82. The summed E-state index contributed by atoms with van der Waals surface area (Å²) in [5, 5.41) is 10.3. The van der Waals surface area contributed by atoms with Crippen molar-refractivity contribution in [3.05, 3.63) is 60.2 Å². The monoisotopic (exact) mass is 590 g/mol. The molecule has 5 rings (SSSR count). The maximum atomic E-state index is 13.9. The van der Waals surface area contributed by atoms with Gasteiger partial charge in [-0.3, -0.25) is 4.98 Å². The topological polar surface area (TPSA) is 136 Å². The van der Waals surface area contributed by atoms with Crippen LogP contribution in [0.2, 0.25) is 0 Å². The van der Waals surface area contributed by atoms with Crippen molar-refractivity contribution in [3.8, 4) is 16.9 Å². The van der Waals surface area contributed by atoms with E-state index in [-0.39, 0.29) is 41.4 Å². The van der Waals surface area contributed by atoms with E-state index in [0.29, 0.717) is 30.8 Å². The van der Waals surface area contributed by atoms with Crippen molar-refractivity contribution in [2.24, 2.45) is 7.05 Å². The largest absolute Gasteiger partial charge is 0.419 e. The zero-order valence-corrected chi connectivity index (χ0v) is 23.4. The number of hydrogen-bond acceptors (Lipinski definition) is 9. The minimum atomic E-state index is -4.69. The summed E-state index contributed by atoms with van der Waals surface area (Å²) in [4.78, 5) is 16.6. The molecule has 2 N–H and O–H groups in total. The van der Waals surface area contributed by atoms with E-state index in [1.54, 1.807) is 18.5 Å². The van der Waals surface area contributed by atoms with E-state index in [4.69, 9.17) is 0 Å². The summed E-state index contributed by atoms with van der Waals surface area (Å²) in [6.07, 6.45) is 2.56. The van der Waals surface area contributed by atoms with Crippen LogP contribution in [-0.4, -0.2) is 73.2 Å². The SMILES string of the molecule is CNCc1ccc(-n2cc(-c3nc(NC4CCN(S(=O)(=O)c5cn(C)cn5)CC4)ncc3C(F)(F)F)cn2)c(C)n1. The molecule has 0 aromatic carbocycles. The standard InChI is InChI=1S/C25H29F3N10O2S/c1-16-21(5-4-19(33-16)11-29-2)38-13-17(10-32-38)23-20(25(26,27)28)12-30-24(35-23)34-18-6-8-37(9-7-18)41(39,40)22-14-36(3)15-31-22/h4-5,10,12-15,18,29H,6-9,11H2,1-3H3,(H,30,34,35). The third kappa shape index (κ3) is 6.08. The van der Waals surface area contributed by atoms with Crippen LogP contribution in [0, 0.1) is 6.92 Å². The molecule has 12 nitrogen and oxygen atoms in total. The number of pyridine rings is 1. The van der Waals surface area contributed by atoms with Crippen LogP contribution in [0.1, 0.15) is 29.8 Å². The van der Waals surface area contributed by atoms with Gasteiger partial charge in [0.05, 0.1) is 35.3 Å². The van der Waals surface area contributed by atoms with Crippen molar-refractivity contribution >= 4 is 16.0 Å². The predicted molar refractivity (Wildman–Crippen MR) is 143 cm³/mol. The van der Waals surface area contributed by atoms with Crippen LogP contribution in [0.4, 0.5) is 19.1 Å². The molecule has 0 spiro atoms. The van der Waals surface area contributed by atoms with Crippen molar-refractivity contribution in [1.29, 1.82) is 0 Å². The summed E-state index contributed by atoms with van der Waals surface area (Å²) in [7, 11) is -0.234. The van der Waals surface area contributed by atoms with E-state index in [1.165, 1.54) is 33.9 Å². The number of alkyl halides is 3. The molecule has 0 atom stereocenters. The van der Waals surface area contributed by atoms with Gasteiger partial charge in [-0.05, 0) is 38.9 Å². The molecule has 5 heterocycles. The second-order valence-corrected chi connectivity index (χ2v) is 11.6. The number of nitrogens with zero attached hydrogens (tertiary/aromatic N) is 8. The Morgan fingerprint density at radius 3 is 2.46 bits per heavy atom. The molecule has 1 aliphatic rings. The van der Waals surface area contributed by atoms with Gasteiger partial charge >= 0.3 is 6.18 Å². The van der Waals surface area contributed by atoms with Crippen LogP contribution in [0.25, 0.3) is 16.9 Å². The Morgan fingerprint density at radius 2 is 1.83 bits per heavy atom. The molecule has 0 aliphatic carbocycles. The molecule has 0 unspecified atom stereocenters. The van der Waals surface area contributed by atoms with Gasteiger partial charge in [-0.1, -0.05) is 0 Å². The quantitative estimate of drug-likeness (QED) is 0.318. The van der Waals surface area contributed by atoms with Gasteiger partial charge in [0.15, 0.2) is 5.03 Å². The number of sulfonamides is 1. The summed E-state index contributed by atoms with van der Waals surface area (Å²) >= 11 is 0. The fourth-order valence-electron chi connectivity index (χ4n) is 4.66. The molecular formula is C25H29F3N10O2S. The smallest absolute Gasteiger partial charge is 0.351 e. The fourth-order valence-corrected chi connectivity index (χ4v) is 6.10. The van der Waals surface area contributed by atoms with E-state index < -0.39 is 21.8 Å². The van der Waals surface area contributed by atoms with Crippen LogP contribution in [0.15, 0.2) is 48.3 Å². The van der Waals surface area contributed by atoms with Crippen LogP contribution in [0.5, 0.6) is 0 Å². The second kappa shape index (κ2) is 11.2. The highest BCUT2D eigenvalue weighted by molar-refractivity contribution is 7.89. The average Bonchev–Trinajstić information content (AvgIpc) is 3.59. The van der Waals surface area contributed by atoms with Crippen LogP contribution < -0.4 is 10.6 Å². The summed E-state index contributed by atoms with van der Waals surface area (Å²) < 4.78 is 71.8. The highest BCUT2D eigenvalue weighted by Gasteiger charge is 2.36. The van der Waals surface area contributed by atoms with Crippen LogP contribution in [-0.2, 0) is 29.8 Å². The van der Waals surface area contributed by atoms with Crippen molar-refractivity contribution in [2.75, 3.05) is 25.5 Å². The summed E-state index contributed by atoms with van der Waals surface area (Å²) in [5.41, 5.74) is 0.992. The molecule has 4 aromatic heterocycles. The van der Waals surface area contributed by atoms with Crippen molar-refractivity contribution in [1.82, 2.24) is 43.9 Å². The fraction of sp³-hybridized carbons (Fsp3) is 0.400. The van der Waals surface area contributed by atoms with E-state index >= 15 is 0 Å². The van der Waals surface area contributed by atoms with Crippen molar-refractivity contribution in [2.45, 2.75) is 43.6 Å². The molecular weight excluding hydrogens is 561 g/mol. The highest BCUT2D eigenvalue weighted by atomic mass is 32.2. The van der Waals surface area contributed by atoms with Gasteiger partial charge in [0, 0.05) is 56.9 Å². The molecule has 0 saturated carbocycles. The number of aryl methyl sites for hydroxylation is 2.